The van der Waals surface area contributed by atoms with E-state index in [9.17, 15) is 5.21 Å². The van der Waals surface area contributed by atoms with Crippen LogP contribution in [0.1, 0.15) is 89.2 Å². The van der Waals surface area contributed by atoms with E-state index in [0.717, 1.165) is 29.0 Å². The first-order chi connectivity index (χ1) is 19.7. The van der Waals surface area contributed by atoms with Crippen molar-refractivity contribution in [3.8, 4) is 22.3 Å². The Labute approximate surface area is 242 Å². The van der Waals surface area contributed by atoms with Gasteiger partial charge in [0.25, 0.3) is 0 Å². The van der Waals surface area contributed by atoms with Crippen molar-refractivity contribution in [1.82, 2.24) is 0 Å². The van der Waals surface area contributed by atoms with Crippen LogP contribution in [0, 0.1) is 0 Å². The van der Waals surface area contributed by atoms with Crippen LogP contribution in [-0.4, -0.2) is 0 Å². The van der Waals surface area contributed by atoms with E-state index in [4.69, 9.17) is 0 Å². The molecule has 40 heavy (non-hydrogen) atoms. The highest BCUT2D eigenvalue weighted by Gasteiger charge is 2.09. The maximum Gasteiger partial charge on any atom is 0.0727 e. The molecule has 4 rings (SSSR count). The van der Waals surface area contributed by atoms with Gasteiger partial charge in [-0.25, -0.2) is 0 Å². The second kappa shape index (κ2) is 16.0. The van der Waals surface area contributed by atoms with E-state index >= 15 is 0 Å². The molecule has 1 radical (unpaired) electrons. The molecule has 0 aliphatic carbocycles. The summed E-state index contributed by atoms with van der Waals surface area (Å²) in [4.78, 5) is 0. The normalized spacial score (nSPS) is 11.1. The molecule has 2 nitrogen and oxygen atoms in total. The SMILES string of the molecule is CCCCCCCc1ccc(-c2ccc(N([O])c3ccc(-c4ccc(CCCCCCC)cc4)cc3)cc2)cc1. The molecule has 0 aromatic heterocycles. The number of unbranched alkanes of at least 4 members (excludes halogenated alkanes) is 8. The lowest BCUT2D eigenvalue weighted by atomic mass is 10.0. The minimum Gasteiger partial charge on any atom is -0.188 e. The van der Waals surface area contributed by atoms with Gasteiger partial charge in [-0.3, -0.25) is 0 Å². The van der Waals surface area contributed by atoms with Crippen molar-refractivity contribution < 1.29 is 5.21 Å². The number of rotatable bonds is 16. The third kappa shape index (κ3) is 8.83. The number of aryl methyl sites for hydroxylation is 2. The molecule has 0 heterocycles. The smallest absolute Gasteiger partial charge is 0.0727 e. The third-order valence-corrected chi connectivity index (χ3v) is 7.92. The molecule has 0 atom stereocenters. The van der Waals surface area contributed by atoms with Crippen LogP contribution in [0.4, 0.5) is 11.4 Å². The van der Waals surface area contributed by atoms with Crippen LogP contribution in [0.25, 0.3) is 22.3 Å². The number of hydrogen-bond donors (Lipinski definition) is 0. The molecule has 4 aromatic rings. The van der Waals surface area contributed by atoms with Crippen LogP contribution >= 0.6 is 0 Å². The lowest BCUT2D eigenvalue weighted by Gasteiger charge is -2.15. The molecule has 0 aliphatic heterocycles. The first kappa shape index (κ1) is 29.6. The molecule has 0 fully saturated rings. The standard InChI is InChI=1S/C38H46NO/c1-3-5-7-9-11-13-31-15-19-33(20-16-31)35-23-27-37(28-24-35)39(40)38-29-25-36(26-30-38)34-21-17-32(18-22-34)14-12-10-8-6-4-2/h15-30H,3-14H2,1-2H3. The zero-order valence-electron chi connectivity index (χ0n) is 24.6. The molecular weight excluding hydrogens is 486 g/mol. The highest BCUT2D eigenvalue weighted by molar-refractivity contribution is 5.71. The Bertz CT molecular complexity index is 1140. The van der Waals surface area contributed by atoms with E-state index in [1.54, 1.807) is 0 Å². The fourth-order valence-corrected chi connectivity index (χ4v) is 5.32. The van der Waals surface area contributed by atoms with Gasteiger partial charge in [0.1, 0.15) is 0 Å². The van der Waals surface area contributed by atoms with Crippen LogP contribution in [0.5, 0.6) is 0 Å². The van der Waals surface area contributed by atoms with Gasteiger partial charge in [-0.1, -0.05) is 143 Å². The summed E-state index contributed by atoms with van der Waals surface area (Å²) in [5.74, 6) is 0. The second-order valence-corrected chi connectivity index (χ2v) is 11.1. The Kier molecular flexibility index (Phi) is 11.9. The van der Waals surface area contributed by atoms with Gasteiger partial charge in [0.2, 0.25) is 0 Å². The molecule has 4 aromatic carbocycles. The molecule has 0 saturated heterocycles. The Balaban J connectivity index is 1.30. The number of benzene rings is 4. The van der Waals surface area contributed by atoms with Gasteiger partial charge >= 0.3 is 0 Å². The minimum absolute atomic E-state index is 0.642. The molecular formula is C38H46NO. The third-order valence-electron chi connectivity index (χ3n) is 7.92. The Morgan fingerprint density at radius 3 is 1.02 bits per heavy atom. The van der Waals surface area contributed by atoms with Crippen LogP contribution in [0.15, 0.2) is 97.1 Å². The van der Waals surface area contributed by atoms with Crippen molar-refractivity contribution >= 4 is 11.4 Å². The summed E-state index contributed by atoms with van der Waals surface area (Å²) in [5.41, 5.74) is 8.72. The maximum absolute atomic E-state index is 13.1. The fourth-order valence-electron chi connectivity index (χ4n) is 5.32. The van der Waals surface area contributed by atoms with Crippen molar-refractivity contribution in [3.05, 3.63) is 108 Å². The van der Waals surface area contributed by atoms with Gasteiger partial charge in [0.05, 0.1) is 11.4 Å². The first-order valence-electron chi connectivity index (χ1n) is 15.5. The minimum atomic E-state index is 0.642. The van der Waals surface area contributed by atoms with E-state index < -0.39 is 0 Å². The molecule has 0 unspecified atom stereocenters. The van der Waals surface area contributed by atoms with Crippen LogP contribution in [-0.2, 0) is 18.0 Å². The van der Waals surface area contributed by atoms with Gasteiger partial charge in [0.15, 0.2) is 0 Å². The fraction of sp³-hybridized carbons (Fsp3) is 0.368. The predicted molar refractivity (Wildman–Crippen MR) is 172 cm³/mol. The number of anilines is 2. The molecule has 209 valence electrons. The molecule has 0 aliphatic rings. The van der Waals surface area contributed by atoms with Gasteiger partial charge in [-0.05, 0) is 83.3 Å². The summed E-state index contributed by atoms with van der Waals surface area (Å²) in [5, 5.41) is 14.1. The van der Waals surface area contributed by atoms with Crippen LogP contribution in [0.3, 0.4) is 0 Å². The Morgan fingerprint density at radius 1 is 0.400 bits per heavy atom. The van der Waals surface area contributed by atoms with Crippen molar-refractivity contribution in [2.24, 2.45) is 0 Å². The van der Waals surface area contributed by atoms with Crippen molar-refractivity contribution in [3.63, 3.8) is 0 Å². The van der Waals surface area contributed by atoms with Gasteiger partial charge in [-0.15, -0.1) is 0 Å². The lowest BCUT2D eigenvalue weighted by molar-refractivity contribution is 0.196. The van der Waals surface area contributed by atoms with Gasteiger partial charge in [0, 0.05) is 0 Å². The summed E-state index contributed by atoms with van der Waals surface area (Å²) < 4.78 is 0. The van der Waals surface area contributed by atoms with Crippen molar-refractivity contribution in [2.75, 3.05) is 5.06 Å². The van der Waals surface area contributed by atoms with E-state index in [2.05, 4.69) is 62.4 Å². The molecule has 0 spiro atoms. The summed E-state index contributed by atoms with van der Waals surface area (Å²) >= 11 is 0. The van der Waals surface area contributed by atoms with Crippen molar-refractivity contribution in [2.45, 2.75) is 90.9 Å². The number of nitrogens with zero attached hydrogens (tertiary/aromatic N) is 1. The molecule has 2 heteroatoms. The second-order valence-electron chi connectivity index (χ2n) is 11.1. The zero-order valence-corrected chi connectivity index (χ0v) is 24.6. The van der Waals surface area contributed by atoms with E-state index in [0.29, 0.717) is 11.4 Å². The summed E-state index contributed by atoms with van der Waals surface area (Å²) in [6.07, 6.45) is 15.4. The summed E-state index contributed by atoms with van der Waals surface area (Å²) in [6, 6.07) is 33.6. The Hall–Kier alpha value is -3.36. The zero-order chi connectivity index (χ0) is 28.0. The Morgan fingerprint density at radius 2 is 0.700 bits per heavy atom. The molecule has 0 bridgehead atoms. The quantitative estimate of drug-likeness (QED) is 0.104. The number of hydrogen-bond acceptors (Lipinski definition) is 1. The maximum atomic E-state index is 13.1. The topological polar surface area (TPSA) is 23.1 Å². The summed E-state index contributed by atoms with van der Waals surface area (Å²) in [6.45, 7) is 4.52. The molecule has 0 saturated carbocycles. The monoisotopic (exact) mass is 532 g/mol. The lowest BCUT2D eigenvalue weighted by Crippen LogP contribution is -2.07. The summed E-state index contributed by atoms with van der Waals surface area (Å²) in [7, 11) is 0. The predicted octanol–water partition coefficient (Wildman–Crippen LogP) is 11.5. The van der Waals surface area contributed by atoms with Crippen molar-refractivity contribution in [1.29, 1.82) is 0 Å². The van der Waals surface area contributed by atoms with E-state index in [1.807, 2.05) is 48.5 Å². The highest BCUT2D eigenvalue weighted by Crippen LogP contribution is 2.30. The molecule has 0 amide bonds. The highest BCUT2D eigenvalue weighted by atomic mass is 16.5. The largest absolute Gasteiger partial charge is 0.188 e. The first-order valence-corrected chi connectivity index (χ1v) is 15.5. The van der Waals surface area contributed by atoms with Gasteiger partial charge < -0.3 is 0 Å². The average Bonchev–Trinajstić information content (AvgIpc) is 3.01. The van der Waals surface area contributed by atoms with Crippen LogP contribution < -0.4 is 5.06 Å². The van der Waals surface area contributed by atoms with Crippen LogP contribution in [0.2, 0.25) is 0 Å². The van der Waals surface area contributed by atoms with Gasteiger partial charge in [-0.2, -0.15) is 5.06 Å². The molecule has 0 N–H and O–H groups in total. The van der Waals surface area contributed by atoms with E-state index in [1.165, 1.54) is 86.5 Å². The van der Waals surface area contributed by atoms with E-state index in [-0.39, 0.29) is 0 Å². The average molecular weight is 533 g/mol.